The standard InChI is InChI=1S/2C12H20N2O3/c1-11(2,3)17-10(16)14-7-12(4-5-12)6-8(14)9(13)15;1-11(2,3)17-10(16)14-7-6-12(4-5-12)8(14)9(13)15/h2*8H,4-7H2,1-3H3,(H2,13,15)/t;8-/m.0/s1. The molecule has 0 radical (unpaired) electrons. The van der Waals surface area contributed by atoms with Crippen molar-refractivity contribution in [3.8, 4) is 0 Å². The molecule has 0 bridgehead atoms. The summed E-state index contributed by atoms with van der Waals surface area (Å²) in [5, 5.41) is 0. The maximum atomic E-state index is 12.0. The van der Waals surface area contributed by atoms with Crippen molar-refractivity contribution in [3.05, 3.63) is 0 Å². The van der Waals surface area contributed by atoms with Crippen LogP contribution in [-0.2, 0) is 19.1 Å². The van der Waals surface area contributed by atoms with Gasteiger partial charge in [-0.3, -0.25) is 19.4 Å². The Morgan fingerprint density at radius 3 is 1.65 bits per heavy atom. The van der Waals surface area contributed by atoms with Crippen LogP contribution < -0.4 is 11.5 Å². The largest absolute Gasteiger partial charge is 0.444 e. The van der Waals surface area contributed by atoms with Crippen molar-refractivity contribution in [2.24, 2.45) is 22.3 Å². The summed E-state index contributed by atoms with van der Waals surface area (Å²) in [6.07, 6.45) is 4.84. The fourth-order valence-electron chi connectivity index (χ4n) is 4.96. The molecule has 1 unspecified atom stereocenters. The molecule has 2 saturated carbocycles. The molecule has 2 spiro atoms. The topological polar surface area (TPSA) is 145 Å². The first kappa shape index (κ1) is 26.1. The Kier molecular flexibility index (Phi) is 6.60. The average molecular weight is 481 g/mol. The molecule has 2 aliphatic carbocycles. The molecule has 0 aromatic rings. The van der Waals surface area contributed by atoms with Crippen LogP contribution in [0.3, 0.4) is 0 Å². The van der Waals surface area contributed by atoms with E-state index in [1.54, 1.807) is 0 Å². The number of primary amides is 2. The van der Waals surface area contributed by atoms with E-state index in [1.807, 2.05) is 41.5 Å². The van der Waals surface area contributed by atoms with Gasteiger partial charge in [0, 0.05) is 18.5 Å². The van der Waals surface area contributed by atoms with Crippen molar-refractivity contribution >= 4 is 24.0 Å². The molecule has 2 atom stereocenters. The highest BCUT2D eigenvalue weighted by atomic mass is 16.6. The number of ether oxygens (including phenoxy) is 2. The zero-order valence-electron chi connectivity index (χ0n) is 21.3. The lowest BCUT2D eigenvalue weighted by atomic mass is 9.97. The lowest BCUT2D eigenvalue weighted by molar-refractivity contribution is -0.124. The minimum Gasteiger partial charge on any atom is -0.444 e. The second-order valence-corrected chi connectivity index (χ2v) is 12.3. The second-order valence-electron chi connectivity index (χ2n) is 12.3. The number of amides is 4. The number of carbonyl (C=O) groups excluding carboxylic acids is 4. The Morgan fingerprint density at radius 2 is 1.26 bits per heavy atom. The SMILES string of the molecule is CC(C)(C)OC(=O)N1CC2(CC2)CC1C(N)=O.CC(C)(C)OC(=O)N1CCC2(CC2)[C@@H]1C(N)=O. The summed E-state index contributed by atoms with van der Waals surface area (Å²) >= 11 is 0. The summed E-state index contributed by atoms with van der Waals surface area (Å²) in [6, 6.07) is -0.968. The van der Waals surface area contributed by atoms with Crippen LogP contribution in [0.25, 0.3) is 0 Å². The molecule has 2 aliphatic heterocycles. The van der Waals surface area contributed by atoms with Gasteiger partial charge in [-0.2, -0.15) is 0 Å². The first-order valence-electron chi connectivity index (χ1n) is 12.1. The minimum absolute atomic E-state index is 0.0390. The van der Waals surface area contributed by atoms with Gasteiger partial charge in [0.15, 0.2) is 0 Å². The van der Waals surface area contributed by atoms with E-state index < -0.39 is 47.3 Å². The number of rotatable bonds is 2. The molecule has 34 heavy (non-hydrogen) atoms. The van der Waals surface area contributed by atoms with Crippen molar-refractivity contribution in [3.63, 3.8) is 0 Å². The molecule has 4 aliphatic rings. The fourth-order valence-corrected chi connectivity index (χ4v) is 4.96. The third-order valence-corrected chi connectivity index (χ3v) is 6.95. The van der Waals surface area contributed by atoms with Crippen LogP contribution in [0.2, 0.25) is 0 Å². The van der Waals surface area contributed by atoms with Crippen LogP contribution >= 0.6 is 0 Å². The van der Waals surface area contributed by atoms with E-state index in [0.29, 0.717) is 19.5 Å². The van der Waals surface area contributed by atoms with E-state index in [2.05, 4.69) is 0 Å². The Hall–Kier alpha value is -2.52. The molecule has 4 N–H and O–H groups in total. The number of hydrogen-bond donors (Lipinski definition) is 2. The van der Waals surface area contributed by atoms with Crippen LogP contribution in [-0.4, -0.2) is 70.2 Å². The molecule has 10 nitrogen and oxygen atoms in total. The van der Waals surface area contributed by atoms with Crippen molar-refractivity contribution in [2.45, 2.75) is 103 Å². The second kappa shape index (κ2) is 8.61. The van der Waals surface area contributed by atoms with Gasteiger partial charge in [0.1, 0.15) is 23.3 Å². The third kappa shape index (κ3) is 5.93. The van der Waals surface area contributed by atoms with E-state index in [4.69, 9.17) is 20.9 Å². The van der Waals surface area contributed by atoms with Gasteiger partial charge in [-0.05, 0) is 85.5 Å². The quantitative estimate of drug-likeness (QED) is 0.621. The average Bonchev–Trinajstić information content (AvgIpc) is 3.48. The Balaban J connectivity index is 0.000000191. The van der Waals surface area contributed by atoms with Crippen LogP contribution in [0, 0.1) is 10.8 Å². The molecule has 0 aromatic heterocycles. The van der Waals surface area contributed by atoms with Gasteiger partial charge in [0.05, 0.1) is 0 Å². The summed E-state index contributed by atoms with van der Waals surface area (Å²) < 4.78 is 10.6. The van der Waals surface area contributed by atoms with E-state index >= 15 is 0 Å². The Labute approximate surface area is 201 Å². The number of carbonyl (C=O) groups is 4. The Morgan fingerprint density at radius 1 is 0.765 bits per heavy atom. The van der Waals surface area contributed by atoms with Crippen LogP contribution in [0.4, 0.5) is 9.59 Å². The highest BCUT2D eigenvalue weighted by molar-refractivity contribution is 5.87. The van der Waals surface area contributed by atoms with Gasteiger partial charge in [-0.1, -0.05) is 0 Å². The predicted molar refractivity (Wildman–Crippen MR) is 124 cm³/mol. The van der Waals surface area contributed by atoms with Crippen molar-refractivity contribution in [2.75, 3.05) is 13.1 Å². The molecule has 0 aromatic carbocycles. The lowest BCUT2D eigenvalue weighted by Gasteiger charge is -2.28. The van der Waals surface area contributed by atoms with E-state index in [1.165, 1.54) is 9.80 Å². The van der Waals surface area contributed by atoms with E-state index in [-0.39, 0.29) is 10.8 Å². The zero-order chi connectivity index (χ0) is 25.7. The van der Waals surface area contributed by atoms with E-state index in [0.717, 1.165) is 32.1 Å². The summed E-state index contributed by atoms with van der Waals surface area (Å²) in [4.78, 5) is 49.9. The first-order valence-corrected chi connectivity index (χ1v) is 12.1. The van der Waals surface area contributed by atoms with Gasteiger partial charge in [-0.25, -0.2) is 9.59 Å². The number of likely N-dealkylation sites (tertiary alicyclic amines) is 2. The Bertz CT molecular complexity index is 825. The van der Waals surface area contributed by atoms with Crippen LogP contribution in [0.1, 0.15) is 80.1 Å². The lowest BCUT2D eigenvalue weighted by Crippen LogP contribution is -2.48. The first-order chi connectivity index (χ1) is 15.5. The van der Waals surface area contributed by atoms with Gasteiger partial charge in [-0.15, -0.1) is 0 Å². The van der Waals surface area contributed by atoms with Gasteiger partial charge >= 0.3 is 12.2 Å². The van der Waals surface area contributed by atoms with Gasteiger partial charge in [0.25, 0.3) is 0 Å². The number of nitrogens with two attached hydrogens (primary N) is 2. The number of hydrogen-bond acceptors (Lipinski definition) is 6. The molecule has 2 saturated heterocycles. The third-order valence-electron chi connectivity index (χ3n) is 6.95. The van der Waals surface area contributed by atoms with Gasteiger partial charge < -0.3 is 20.9 Å². The number of nitrogens with zero attached hydrogens (tertiary/aromatic N) is 2. The molecular weight excluding hydrogens is 440 g/mol. The molecule has 4 amide bonds. The highest BCUT2D eigenvalue weighted by Gasteiger charge is 2.59. The smallest absolute Gasteiger partial charge is 0.410 e. The fraction of sp³-hybridized carbons (Fsp3) is 0.833. The molecule has 2 heterocycles. The summed E-state index contributed by atoms with van der Waals surface area (Å²) in [7, 11) is 0. The van der Waals surface area contributed by atoms with Gasteiger partial charge in [0.2, 0.25) is 11.8 Å². The monoisotopic (exact) mass is 480 g/mol. The minimum atomic E-state index is -0.543. The summed E-state index contributed by atoms with van der Waals surface area (Å²) in [5.74, 6) is -0.842. The zero-order valence-corrected chi connectivity index (χ0v) is 21.3. The maximum absolute atomic E-state index is 12.0. The van der Waals surface area contributed by atoms with Crippen molar-refractivity contribution in [1.29, 1.82) is 0 Å². The summed E-state index contributed by atoms with van der Waals surface area (Å²) in [5.41, 5.74) is 9.79. The maximum Gasteiger partial charge on any atom is 0.410 e. The molecule has 4 rings (SSSR count). The molecule has 4 fully saturated rings. The predicted octanol–water partition coefficient (Wildman–Crippen LogP) is 2.52. The molecule has 192 valence electrons. The van der Waals surface area contributed by atoms with E-state index in [9.17, 15) is 19.2 Å². The summed E-state index contributed by atoms with van der Waals surface area (Å²) in [6.45, 7) is 12.1. The highest BCUT2D eigenvalue weighted by Crippen LogP contribution is 2.57. The van der Waals surface area contributed by atoms with Crippen molar-refractivity contribution in [1.82, 2.24) is 9.80 Å². The molecule has 10 heteroatoms. The van der Waals surface area contributed by atoms with Crippen LogP contribution in [0.15, 0.2) is 0 Å². The molecular formula is C24H40N4O6. The van der Waals surface area contributed by atoms with Crippen molar-refractivity contribution < 1.29 is 28.7 Å². The normalized spacial score (nSPS) is 26.1. The van der Waals surface area contributed by atoms with Crippen LogP contribution in [0.5, 0.6) is 0 Å².